The maximum atomic E-state index is 12.5. The van der Waals surface area contributed by atoms with E-state index in [4.69, 9.17) is 4.74 Å². The second-order valence-electron chi connectivity index (χ2n) is 22.8. The Morgan fingerprint density at radius 3 is 0.973 bits per heavy atom. The summed E-state index contributed by atoms with van der Waals surface area (Å²) in [5.74, 6) is -0.0716. The Hall–Kier alpha value is -1.92. The Morgan fingerprint density at radius 1 is 0.365 bits per heavy atom. The minimum atomic E-state index is -0.850. The van der Waals surface area contributed by atoms with Crippen LogP contribution in [0.1, 0.15) is 361 Å². The van der Waals surface area contributed by atoms with Crippen LogP contribution < -0.4 is 5.32 Å². The van der Waals surface area contributed by atoms with Crippen molar-refractivity contribution >= 4 is 11.9 Å². The topological polar surface area (TPSA) is 95.9 Å². The van der Waals surface area contributed by atoms with Gasteiger partial charge in [0.05, 0.1) is 25.4 Å². The molecule has 0 aliphatic carbocycles. The first-order valence-electron chi connectivity index (χ1n) is 33.3. The lowest BCUT2D eigenvalue weighted by molar-refractivity contribution is -0.143. The van der Waals surface area contributed by atoms with Crippen LogP contribution in [0.4, 0.5) is 0 Å². The molecule has 436 valence electrons. The summed E-state index contributed by atoms with van der Waals surface area (Å²) in [5.41, 5.74) is 0. The lowest BCUT2D eigenvalue weighted by Crippen LogP contribution is -2.45. The third kappa shape index (κ3) is 59.3. The molecule has 6 heteroatoms. The molecule has 0 aliphatic heterocycles. The summed E-state index contributed by atoms with van der Waals surface area (Å²) in [6.45, 7) is 4.91. The van der Waals surface area contributed by atoms with Gasteiger partial charge in [0.15, 0.2) is 0 Å². The highest BCUT2D eigenvalue weighted by atomic mass is 16.5. The molecule has 0 aliphatic rings. The van der Waals surface area contributed by atoms with Crippen LogP contribution in [0.3, 0.4) is 0 Å². The van der Waals surface area contributed by atoms with Gasteiger partial charge < -0.3 is 20.3 Å². The maximum Gasteiger partial charge on any atom is 0.305 e. The van der Waals surface area contributed by atoms with Crippen LogP contribution in [0.25, 0.3) is 0 Å². The van der Waals surface area contributed by atoms with Gasteiger partial charge in [0, 0.05) is 12.8 Å². The van der Waals surface area contributed by atoms with Gasteiger partial charge in [-0.15, -0.1) is 0 Å². The fraction of sp³-hybridized carbons (Fsp3) is 0.882. The third-order valence-corrected chi connectivity index (χ3v) is 15.4. The van der Waals surface area contributed by atoms with E-state index in [0.717, 1.165) is 51.4 Å². The Labute approximate surface area is 462 Å². The normalized spacial score (nSPS) is 12.8. The first kappa shape index (κ1) is 72.1. The van der Waals surface area contributed by atoms with Crippen molar-refractivity contribution in [2.75, 3.05) is 13.2 Å². The molecule has 0 rings (SSSR count). The van der Waals surface area contributed by atoms with E-state index in [1.807, 2.05) is 6.08 Å². The number of aliphatic hydroxyl groups excluding tert-OH is 2. The van der Waals surface area contributed by atoms with Crippen molar-refractivity contribution in [2.45, 2.75) is 373 Å². The summed E-state index contributed by atoms with van der Waals surface area (Å²) in [4.78, 5) is 24.5. The van der Waals surface area contributed by atoms with Crippen LogP contribution in [0.2, 0.25) is 0 Å². The highest BCUT2D eigenvalue weighted by Crippen LogP contribution is 2.18. The van der Waals surface area contributed by atoms with Crippen molar-refractivity contribution in [2.24, 2.45) is 0 Å². The molecule has 0 heterocycles. The van der Waals surface area contributed by atoms with Crippen molar-refractivity contribution in [1.29, 1.82) is 0 Å². The zero-order valence-electron chi connectivity index (χ0n) is 49.8. The predicted molar refractivity (Wildman–Crippen MR) is 324 cm³/mol. The van der Waals surface area contributed by atoms with Crippen LogP contribution in [-0.4, -0.2) is 47.4 Å². The second kappa shape index (κ2) is 63.6. The average molecular weight is 1040 g/mol. The summed E-state index contributed by atoms with van der Waals surface area (Å²) >= 11 is 0. The Bertz CT molecular complexity index is 1200. The number of amides is 1. The summed E-state index contributed by atoms with van der Waals surface area (Å²) in [5, 5.41) is 23.2. The molecule has 0 radical (unpaired) electrons. The van der Waals surface area contributed by atoms with E-state index in [1.165, 1.54) is 283 Å². The highest BCUT2D eigenvalue weighted by Gasteiger charge is 2.18. The van der Waals surface area contributed by atoms with E-state index in [1.54, 1.807) is 6.08 Å². The molecule has 0 saturated heterocycles. The first-order valence-corrected chi connectivity index (χ1v) is 33.3. The van der Waals surface area contributed by atoms with Gasteiger partial charge in [-0.25, -0.2) is 0 Å². The number of unbranched alkanes of at least 4 members (excludes halogenated alkanes) is 47. The quantitative estimate of drug-likeness (QED) is 0.0320. The van der Waals surface area contributed by atoms with Gasteiger partial charge in [0.1, 0.15) is 0 Å². The molecular formula is C68H129NO5. The number of esters is 1. The average Bonchev–Trinajstić information content (AvgIpc) is 3.40. The van der Waals surface area contributed by atoms with Crippen LogP contribution in [-0.2, 0) is 14.3 Å². The molecule has 0 aromatic carbocycles. The minimum Gasteiger partial charge on any atom is -0.466 e. The predicted octanol–water partition coefficient (Wildman–Crippen LogP) is 21.1. The first-order chi connectivity index (χ1) is 36.5. The molecule has 1 amide bonds. The third-order valence-electron chi connectivity index (χ3n) is 15.4. The fourth-order valence-electron chi connectivity index (χ4n) is 10.3. The number of nitrogens with one attached hydrogen (secondary N) is 1. The van der Waals surface area contributed by atoms with Gasteiger partial charge in [0.2, 0.25) is 5.91 Å². The van der Waals surface area contributed by atoms with Gasteiger partial charge in [-0.2, -0.15) is 0 Å². The minimum absolute atomic E-state index is 0.000409. The lowest BCUT2D eigenvalue weighted by atomic mass is 10.0. The molecule has 0 saturated carbocycles. The molecule has 0 spiro atoms. The molecule has 0 fully saturated rings. The van der Waals surface area contributed by atoms with E-state index < -0.39 is 12.1 Å². The Morgan fingerprint density at radius 2 is 0.635 bits per heavy atom. The van der Waals surface area contributed by atoms with Gasteiger partial charge >= 0.3 is 5.97 Å². The van der Waals surface area contributed by atoms with E-state index in [-0.39, 0.29) is 18.5 Å². The highest BCUT2D eigenvalue weighted by molar-refractivity contribution is 5.76. The monoisotopic (exact) mass is 1040 g/mol. The number of aliphatic hydroxyl groups is 2. The van der Waals surface area contributed by atoms with Crippen molar-refractivity contribution in [3.05, 3.63) is 36.5 Å². The fourth-order valence-corrected chi connectivity index (χ4v) is 10.3. The van der Waals surface area contributed by atoms with Gasteiger partial charge in [0.25, 0.3) is 0 Å². The zero-order valence-corrected chi connectivity index (χ0v) is 49.8. The molecular weight excluding hydrogens is 911 g/mol. The smallest absolute Gasteiger partial charge is 0.305 e. The summed E-state index contributed by atoms with van der Waals surface area (Å²) in [7, 11) is 0. The summed E-state index contributed by atoms with van der Waals surface area (Å²) in [6.07, 6.45) is 80.6. The molecule has 2 unspecified atom stereocenters. The van der Waals surface area contributed by atoms with E-state index in [2.05, 4.69) is 43.5 Å². The lowest BCUT2D eigenvalue weighted by Gasteiger charge is -2.20. The van der Waals surface area contributed by atoms with E-state index in [0.29, 0.717) is 19.4 Å². The van der Waals surface area contributed by atoms with Gasteiger partial charge in [-0.3, -0.25) is 9.59 Å². The maximum absolute atomic E-state index is 12.5. The molecule has 6 nitrogen and oxygen atoms in total. The summed E-state index contributed by atoms with van der Waals surface area (Å²) < 4.78 is 5.47. The number of ether oxygens (including phenoxy) is 1. The molecule has 0 aromatic rings. The Kier molecular flexibility index (Phi) is 62.0. The van der Waals surface area contributed by atoms with Gasteiger partial charge in [-0.1, -0.05) is 301 Å². The standard InChI is InChI=1S/C68H129NO5/c1-3-5-7-9-11-13-15-17-18-19-20-21-24-27-30-33-37-40-44-48-52-56-60-66(71)65(64-70)69-67(72)61-57-53-49-45-41-38-34-31-28-25-22-23-26-29-32-35-39-43-47-51-55-59-63-74-68(73)62-58-54-50-46-42-36-16-14-12-10-8-6-4-2/h14,16,25,28,56,60,65-66,70-71H,3-13,15,17-24,26-27,29-55,57-59,61-64H2,1-2H3,(H,69,72)/b16-14-,28-25-,60-56+. The largest absolute Gasteiger partial charge is 0.466 e. The molecule has 0 bridgehead atoms. The second-order valence-corrected chi connectivity index (χ2v) is 22.8. The van der Waals surface area contributed by atoms with E-state index >= 15 is 0 Å². The van der Waals surface area contributed by atoms with Crippen molar-refractivity contribution in [3.63, 3.8) is 0 Å². The SMILES string of the molecule is CCCCCC/C=C\CCCCCCCC(=O)OCCCCCCCCCCCCC/C=C\CCCCCCCCCC(=O)NC(CO)C(O)/C=C/CCCCCCCCCCCCCCCCCCCCCC. The number of hydrogen-bond donors (Lipinski definition) is 3. The van der Waals surface area contributed by atoms with Crippen molar-refractivity contribution in [3.8, 4) is 0 Å². The number of carbonyl (C=O) groups excluding carboxylic acids is 2. The van der Waals surface area contributed by atoms with Crippen LogP contribution in [0.15, 0.2) is 36.5 Å². The van der Waals surface area contributed by atoms with E-state index in [9.17, 15) is 19.8 Å². The Balaban J connectivity index is 3.45. The van der Waals surface area contributed by atoms with Gasteiger partial charge in [-0.05, 0) is 83.5 Å². The van der Waals surface area contributed by atoms with Crippen LogP contribution in [0, 0.1) is 0 Å². The number of carbonyl (C=O) groups is 2. The zero-order chi connectivity index (χ0) is 53.6. The molecule has 3 N–H and O–H groups in total. The molecule has 0 aromatic heterocycles. The number of hydrogen-bond acceptors (Lipinski definition) is 5. The summed E-state index contributed by atoms with van der Waals surface area (Å²) in [6, 6.07) is -0.634. The van der Waals surface area contributed by atoms with Crippen LogP contribution >= 0.6 is 0 Å². The number of allylic oxidation sites excluding steroid dienone is 5. The van der Waals surface area contributed by atoms with Crippen molar-refractivity contribution in [1.82, 2.24) is 5.32 Å². The number of rotatable bonds is 62. The molecule has 2 atom stereocenters. The van der Waals surface area contributed by atoms with Crippen molar-refractivity contribution < 1.29 is 24.5 Å². The van der Waals surface area contributed by atoms with Crippen LogP contribution in [0.5, 0.6) is 0 Å². The molecule has 74 heavy (non-hydrogen) atoms.